The summed E-state index contributed by atoms with van der Waals surface area (Å²) in [6, 6.07) is 7.29. The van der Waals surface area contributed by atoms with Crippen molar-refractivity contribution in [1.82, 2.24) is 0 Å². The van der Waals surface area contributed by atoms with E-state index in [0.717, 1.165) is 5.56 Å². The van der Waals surface area contributed by atoms with Crippen molar-refractivity contribution in [2.45, 2.75) is 6.92 Å². The van der Waals surface area contributed by atoms with Crippen molar-refractivity contribution in [3.63, 3.8) is 0 Å². The van der Waals surface area contributed by atoms with Crippen LogP contribution in [-0.4, -0.2) is 11.7 Å². The lowest BCUT2D eigenvalue weighted by Crippen LogP contribution is -2.13. The van der Waals surface area contributed by atoms with Crippen LogP contribution in [0, 0.1) is 18.3 Å². The van der Waals surface area contributed by atoms with Crippen LogP contribution in [0.1, 0.15) is 11.1 Å². The molecule has 0 saturated heterocycles. The molecule has 4 heteroatoms. The topological polar surface area (TPSA) is 52.9 Å². The molecule has 0 unspecified atom stereocenters. The second-order valence-corrected chi connectivity index (χ2v) is 3.18. The minimum Gasteiger partial charge on any atom is -0.324 e. The van der Waals surface area contributed by atoms with E-state index in [9.17, 15) is 4.79 Å². The Bertz CT molecular complexity index is 396. The van der Waals surface area contributed by atoms with Gasteiger partial charge in [-0.05, 0) is 24.6 Å². The van der Waals surface area contributed by atoms with Gasteiger partial charge in [0.1, 0.15) is 6.07 Å². The molecule has 1 aromatic rings. The maximum Gasteiger partial charge on any atom is 0.234 e. The smallest absolute Gasteiger partial charge is 0.234 e. The van der Waals surface area contributed by atoms with E-state index in [4.69, 9.17) is 5.26 Å². The predicted molar refractivity (Wildman–Crippen MR) is 58.4 cm³/mol. The van der Waals surface area contributed by atoms with Gasteiger partial charge < -0.3 is 5.32 Å². The summed E-state index contributed by atoms with van der Waals surface area (Å²) in [5.74, 6) is -0.103. The van der Waals surface area contributed by atoms with Gasteiger partial charge in [-0.1, -0.05) is 6.07 Å². The fraction of sp³-hybridized carbons (Fsp3) is 0.200. The van der Waals surface area contributed by atoms with Crippen LogP contribution < -0.4 is 5.32 Å². The van der Waals surface area contributed by atoms with Crippen LogP contribution in [0.15, 0.2) is 18.2 Å². The number of nitriles is 1. The van der Waals surface area contributed by atoms with E-state index in [1.54, 1.807) is 12.1 Å². The summed E-state index contributed by atoms with van der Waals surface area (Å²) in [5, 5.41) is 11.4. The van der Waals surface area contributed by atoms with Gasteiger partial charge in [-0.15, -0.1) is 0 Å². The van der Waals surface area contributed by atoms with Crippen LogP contribution in [0.2, 0.25) is 0 Å². The molecule has 0 aromatic heterocycles. The van der Waals surface area contributed by atoms with Gasteiger partial charge in [0.25, 0.3) is 0 Å². The number of aryl methyl sites for hydroxylation is 1. The molecule has 0 radical (unpaired) electrons. The molecule has 0 saturated carbocycles. The highest BCUT2D eigenvalue weighted by atomic mass is 32.1. The lowest BCUT2D eigenvalue weighted by Gasteiger charge is -2.05. The SMILES string of the molecule is Cc1ccc(C#N)c(NC(=O)CS)c1. The lowest BCUT2D eigenvalue weighted by atomic mass is 10.1. The standard InChI is InChI=1S/C10H10N2OS/c1-7-2-3-8(5-11)9(4-7)12-10(13)6-14/h2-4,14H,6H2,1H3,(H,12,13). The monoisotopic (exact) mass is 206 g/mol. The first-order valence-corrected chi connectivity index (χ1v) is 4.72. The van der Waals surface area contributed by atoms with Crippen LogP contribution in [-0.2, 0) is 4.79 Å². The number of carbonyl (C=O) groups is 1. The summed E-state index contributed by atoms with van der Waals surface area (Å²) in [7, 11) is 0. The Balaban J connectivity index is 3.00. The zero-order chi connectivity index (χ0) is 10.6. The summed E-state index contributed by atoms with van der Waals surface area (Å²) in [6.07, 6.45) is 0. The Morgan fingerprint density at radius 3 is 2.93 bits per heavy atom. The summed E-state index contributed by atoms with van der Waals surface area (Å²) in [5.41, 5.74) is 2.01. The number of hydrogen-bond donors (Lipinski definition) is 2. The number of nitrogens with one attached hydrogen (secondary N) is 1. The largest absolute Gasteiger partial charge is 0.324 e. The van der Waals surface area contributed by atoms with Crippen LogP contribution in [0.25, 0.3) is 0 Å². The Morgan fingerprint density at radius 2 is 2.36 bits per heavy atom. The van der Waals surface area contributed by atoms with E-state index in [2.05, 4.69) is 17.9 Å². The Kier molecular flexibility index (Phi) is 3.55. The number of hydrogen-bond acceptors (Lipinski definition) is 3. The number of rotatable bonds is 2. The molecule has 1 N–H and O–H groups in total. The third kappa shape index (κ3) is 2.51. The van der Waals surface area contributed by atoms with Gasteiger partial charge >= 0.3 is 0 Å². The van der Waals surface area contributed by atoms with E-state index in [0.29, 0.717) is 11.3 Å². The quantitative estimate of drug-likeness (QED) is 0.724. The van der Waals surface area contributed by atoms with E-state index in [1.807, 2.05) is 19.1 Å². The first-order chi connectivity index (χ1) is 6.67. The molecular formula is C10H10N2OS. The van der Waals surface area contributed by atoms with E-state index < -0.39 is 0 Å². The highest BCUT2D eigenvalue weighted by Gasteiger charge is 2.04. The van der Waals surface area contributed by atoms with Crippen LogP contribution in [0.5, 0.6) is 0 Å². The Labute approximate surface area is 88.2 Å². The van der Waals surface area contributed by atoms with Gasteiger partial charge in [0, 0.05) is 0 Å². The highest BCUT2D eigenvalue weighted by Crippen LogP contribution is 2.16. The van der Waals surface area contributed by atoms with E-state index in [1.165, 1.54) is 0 Å². The van der Waals surface area contributed by atoms with Crippen LogP contribution >= 0.6 is 12.6 Å². The number of nitrogens with zero attached hydrogens (tertiary/aromatic N) is 1. The Hall–Kier alpha value is -1.47. The minimum absolute atomic E-state index is 0.110. The first-order valence-electron chi connectivity index (χ1n) is 4.09. The summed E-state index contributed by atoms with van der Waals surface area (Å²) < 4.78 is 0. The average molecular weight is 206 g/mol. The van der Waals surface area contributed by atoms with E-state index >= 15 is 0 Å². The van der Waals surface area contributed by atoms with Gasteiger partial charge in [-0.3, -0.25) is 4.79 Å². The van der Waals surface area contributed by atoms with Gasteiger partial charge in [0.2, 0.25) is 5.91 Å². The minimum atomic E-state index is -0.213. The van der Waals surface area contributed by atoms with Gasteiger partial charge in [-0.25, -0.2) is 0 Å². The molecule has 0 aliphatic rings. The molecule has 0 atom stereocenters. The van der Waals surface area contributed by atoms with Crippen LogP contribution in [0.4, 0.5) is 5.69 Å². The summed E-state index contributed by atoms with van der Waals surface area (Å²) in [4.78, 5) is 11.1. The molecule has 14 heavy (non-hydrogen) atoms. The molecule has 0 spiro atoms. The molecule has 0 fully saturated rings. The highest BCUT2D eigenvalue weighted by molar-refractivity contribution is 7.81. The molecule has 3 nitrogen and oxygen atoms in total. The predicted octanol–water partition coefficient (Wildman–Crippen LogP) is 1.73. The average Bonchev–Trinajstić information content (AvgIpc) is 2.18. The maximum absolute atomic E-state index is 11.1. The third-order valence-corrected chi connectivity index (χ3v) is 2.00. The summed E-state index contributed by atoms with van der Waals surface area (Å²) >= 11 is 3.84. The number of benzene rings is 1. The number of amides is 1. The van der Waals surface area contributed by atoms with Crippen molar-refractivity contribution >= 4 is 24.2 Å². The van der Waals surface area contributed by atoms with Crippen molar-refractivity contribution < 1.29 is 4.79 Å². The first kappa shape index (κ1) is 10.6. The molecule has 1 rings (SSSR count). The maximum atomic E-state index is 11.1. The zero-order valence-electron chi connectivity index (χ0n) is 7.74. The molecular weight excluding hydrogens is 196 g/mol. The van der Waals surface area contributed by atoms with Gasteiger partial charge in [-0.2, -0.15) is 17.9 Å². The van der Waals surface area contributed by atoms with Gasteiger partial charge in [0.15, 0.2) is 0 Å². The lowest BCUT2D eigenvalue weighted by molar-refractivity contribution is -0.113. The second kappa shape index (κ2) is 4.68. The number of thiol groups is 1. The summed E-state index contributed by atoms with van der Waals surface area (Å²) in [6.45, 7) is 1.90. The fourth-order valence-corrected chi connectivity index (χ4v) is 1.13. The molecule has 0 aliphatic carbocycles. The van der Waals surface area contributed by atoms with Crippen molar-refractivity contribution in [3.8, 4) is 6.07 Å². The normalized spacial score (nSPS) is 9.21. The van der Waals surface area contributed by atoms with Crippen molar-refractivity contribution in [3.05, 3.63) is 29.3 Å². The fourth-order valence-electron chi connectivity index (χ4n) is 1.05. The number of anilines is 1. The van der Waals surface area contributed by atoms with E-state index in [-0.39, 0.29) is 11.7 Å². The molecule has 72 valence electrons. The van der Waals surface area contributed by atoms with Crippen LogP contribution in [0.3, 0.4) is 0 Å². The molecule has 1 amide bonds. The van der Waals surface area contributed by atoms with Crippen molar-refractivity contribution in [1.29, 1.82) is 5.26 Å². The molecule has 0 bridgehead atoms. The molecule has 0 aliphatic heterocycles. The van der Waals surface area contributed by atoms with Crippen molar-refractivity contribution in [2.24, 2.45) is 0 Å². The zero-order valence-corrected chi connectivity index (χ0v) is 8.64. The number of carbonyl (C=O) groups excluding carboxylic acids is 1. The Morgan fingerprint density at radius 1 is 1.64 bits per heavy atom. The van der Waals surface area contributed by atoms with Crippen molar-refractivity contribution in [2.75, 3.05) is 11.1 Å². The third-order valence-electron chi connectivity index (χ3n) is 1.71. The molecule has 1 aromatic carbocycles. The van der Waals surface area contributed by atoms with Gasteiger partial charge in [0.05, 0.1) is 17.0 Å². The molecule has 0 heterocycles. The second-order valence-electron chi connectivity index (χ2n) is 2.87.